The zero-order chi connectivity index (χ0) is 22.5. The molecule has 1 N–H and O–H groups in total. The van der Waals surface area contributed by atoms with Crippen LogP contribution in [0.25, 0.3) is 5.57 Å². The van der Waals surface area contributed by atoms with E-state index in [9.17, 15) is 14.4 Å². The summed E-state index contributed by atoms with van der Waals surface area (Å²) in [7, 11) is 0. The third-order valence-electron chi connectivity index (χ3n) is 6.99. The zero-order valence-corrected chi connectivity index (χ0v) is 18.5. The zero-order valence-electron chi connectivity index (χ0n) is 18.5. The molecule has 0 spiro atoms. The number of benzene rings is 1. The molecule has 172 valence electrons. The second kappa shape index (κ2) is 10.2. The van der Waals surface area contributed by atoms with Crippen LogP contribution >= 0.6 is 0 Å². The number of Topliss-reactive ketones (excluding diaryl/α,β-unsaturated/α-hetero) is 1. The number of piperidine rings is 2. The van der Waals surface area contributed by atoms with E-state index in [1.165, 1.54) is 16.0 Å². The van der Waals surface area contributed by atoms with E-state index in [-0.39, 0.29) is 17.6 Å². The first-order valence-corrected chi connectivity index (χ1v) is 11.7. The third-order valence-corrected chi connectivity index (χ3v) is 6.99. The lowest BCUT2D eigenvalue weighted by Crippen LogP contribution is -2.42. The smallest absolute Gasteiger partial charge is 0.407 e. The van der Waals surface area contributed by atoms with Crippen LogP contribution in [-0.4, -0.2) is 65.5 Å². The van der Waals surface area contributed by atoms with Crippen molar-refractivity contribution < 1.29 is 24.2 Å². The number of ketones is 1. The van der Waals surface area contributed by atoms with E-state index in [0.717, 1.165) is 37.9 Å². The molecule has 32 heavy (non-hydrogen) atoms. The second-order valence-electron chi connectivity index (χ2n) is 9.11. The molecule has 1 aromatic rings. The molecular formula is C25H32N2O5. The number of carbonyl (C=O) groups is 3. The summed E-state index contributed by atoms with van der Waals surface area (Å²) in [5, 5.41) is 9.04. The summed E-state index contributed by atoms with van der Waals surface area (Å²) in [6.07, 6.45) is 6.50. The SMILES string of the molecule is O=C1CCN(C(=O)C2CC=C(c3ccc(OCC4CCN(C(=O)O)CC4)cc3)CC2)CC1. The highest BCUT2D eigenvalue weighted by atomic mass is 16.5. The topological polar surface area (TPSA) is 87.2 Å². The van der Waals surface area contributed by atoms with Gasteiger partial charge in [0.25, 0.3) is 0 Å². The van der Waals surface area contributed by atoms with Gasteiger partial charge in [-0.1, -0.05) is 18.2 Å². The van der Waals surface area contributed by atoms with E-state index in [2.05, 4.69) is 18.2 Å². The van der Waals surface area contributed by atoms with E-state index in [0.29, 0.717) is 51.5 Å². The summed E-state index contributed by atoms with van der Waals surface area (Å²) >= 11 is 0. The molecule has 0 saturated carbocycles. The van der Waals surface area contributed by atoms with Crippen molar-refractivity contribution in [2.75, 3.05) is 32.8 Å². The van der Waals surface area contributed by atoms with E-state index in [1.807, 2.05) is 17.0 Å². The fourth-order valence-corrected chi connectivity index (χ4v) is 4.83. The Morgan fingerprint density at radius 1 is 0.938 bits per heavy atom. The van der Waals surface area contributed by atoms with Crippen molar-refractivity contribution >= 4 is 23.4 Å². The average Bonchev–Trinajstić information content (AvgIpc) is 2.83. The minimum Gasteiger partial charge on any atom is -0.493 e. The minimum atomic E-state index is -0.837. The highest BCUT2D eigenvalue weighted by molar-refractivity contribution is 5.85. The first kappa shape index (κ1) is 22.4. The van der Waals surface area contributed by atoms with Crippen LogP contribution in [0, 0.1) is 11.8 Å². The molecular weight excluding hydrogens is 408 g/mol. The third kappa shape index (κ3) is 5.50. The number of amides is 2. The number of nitrogens with zero attached hydrogens (tertiary/aromatic N) is 2. The summed E-state index contributed by atoms with van der Waals surface area (Å²) in [5.41, 5.74) is 2.44. The lowest BCUT2D eigenvalue weighted by atomic mass is 9.85. The number of carboxylic acid groups (broad SMARTS) is 1. The quantitative estimate of drug-likeness (QED) is 0.752. The molecule has 2 fully saturated rings. The van der Waals surface area contributed by atoms with E-state index in [4.69, 9.17) is 9.84 Å². The predicted molar refractivity (Wildman–Crippen MR) is 120 cm³/mol. The first-order valence-electron chi connectivity index (χ1n) is 11.7. The van der Waals surface area contributed by atoms with Crippen molar-refractivity contribution in [1.82, 2.24) is 9.80 Å². The Kier molecular flexibility index (Phi) is 7.12. The Hall–Kier alpha value is -2.83. The summed E-state index contributed by atoms with van der Waals surface area (Å²) in [6, 6.07) is 8.13. The van der Waals surface area contributed by atoms with Gasteiger partial charge in [0.2, 0.25) is 5.91 Å². The number of rotatable bonds is 5. The predicted octanol–water partition coefficient (Wildman–Crippen LogP) is 3.83. The molecule has 1 aliphatic carbocycles. The van der Waals surface area contributed by atoms with Crippen molar-refractivity contribution in [2.24, 2.45) is 11.8 Å². The maximum atomic E-state index is 12.7. The van der Waals surface area contributed by atoms with Gasteiger partial charge < -0.3 is 19.6 Å². The van der Waals surface area contributed by atoms with Gasteiger partial charge in [-0.25, -0.2) is 4.79 Å². The van der Waals surface area contributed by atoms with Crippen LogP contribution in [0.5, 0.6) is 5.75 Å². The molecule has 2 heterocycles. The molecule has 3 aliphatic rings. The van der Waals surface area contributed by atoms with Gasteiger partial charge >= 0.3 is 6.09 Å². The van der Waals surface area contributed by atoms with E-state index < -0.39 is 6.09 Å². The molecule has 7 heteroatoms. The minimum absolute atomic E-state index is 0.0297. The first-order chi connectivity index (χ1) is 15.5. The molecule has 0 aromatic heterocycles. The Labute approximate surface area is 189 Å². The van der Waals surface area contributed by atoms with Crippen LogP contribution in [0.15, 0.2) is 30.3 Å². The summed E-state index contributed by atoms with van der Waals surface area (Å²) < 4.78 is 5.95. The monoisotopic (exact) mass is 440 g/mol. The van der Waals surface area contributed by atoms with Gasteiger partial charge in [-0.2, -0.15) is 0 Å². The molecule has 4 rings (SSSR count). The molecule has 1 aromatic carbocycles. The molecule has 0 bridgehead atoms. The molecule has 2 aliphatic heterocycles. The van der Waals surface area contributed by atoms with Crippen molar-refractivity contribution in [2.45, 2.75) is 44.9 Å². The van der Waals surface area contributed by atoms with Crippen LogP contribution in [0.2, 0.25) is 0 Å². The van der Waals surface area contributed by atoms with Crippen LogP contribution < -0.4 is 4.74 Å². The van der Waals surface area contributed by atoms with Crippen LogP contribution in [0.4, 0.5) is 4.79 Å². The van der Waals surface area contributed by atoms with Gasteiger partial charge in [0.15, 0.2) is 0 Å². The molecule has 2 saturated heterocycles. The number of allylic oxidation sites excluding steroid dienone is 2. The van der Waals surface area contributed by atoms with Crippen molar-refractivity contribution in [1.29, 1.82) is 0 Å². The van der Waals surface area contributed by atoms with Crippen molar-refractivity contribution in [3.8, 4) is 5.75 Å². The van der Waals surface area contributed by atoms with Crippen LogP contribution in [-0.2, 0) is 9.59 Å². The standard InChI is InChI=1S/C25H32N2O5/c28-22-11-15-26(16-12-22)24(29)21-3-1-19(2-4-21)20-5-7-23(8-6-20)32-17-18-9-13-27(14-10-18)25(30)31/h1,5-8,18,21H,2-4,9-17H2,(H,30,31). The molecule has 0 radical (unpaired) electrons. The summed E-state index contributed by atoms with van der Waals surface area (Å²) in [5.74, 6) is 1.71. The highest BCUT2D eigenvalue weighted by Crippen LogP contribution is 2.32. The van der Waals surface area contributed by atoms with Gasteiger partial charge in [-0.15, -0.1) is 0 Å². The summed E-state index contributed by atoms with van der Waals surface area (Å²) in [6.45, 7) is 2.92. The average molecular weight is 441 g/mol. The molecule has 1 unspecified atom stereocenters. The number of likely N-dealkylation sites (tertiary alicyclic amines) is 2. The van der Waals surface area contributed by atoms with Gasteiger partial charge in [-0.05, 0) is 61.3 Å². The lowest BCUT2D eigenvalue weighted by molar-refractivity contribution is -0.138. The van der Waals surface area contributed by atoms with Gasteiger partial charge in [0.1, 0.15) is 11.5 Å². The van der Waals surface area contributed by atoms with E-state index in [1.54, 1.807) is 0 Å². The van der Waals surface area contributed by atoms with Crippen LogP contribution in [0.3, 0.4) is 0 Å². The number of hydrogen-bond donors (Lipinski definition) is 1. The second-order valence-corrected chi connectivity index (χ2v) is 9.11. The maximum Gasteiger partial charge on any atom is 0.407 e. The van der Waals surface area contributed by atoms with Crippen LogP contribution in [0.1, 0.15) is 50.5 Å². The fourth-order valence-electron chi connectivity index (χ4n) is 4.83. The lowest BCUT2D eigenvalue weighted by Gasteiger charge is -2.31. The van der Waals surface area contributed by atoms with Crippen molar-refractivity contribution in [3.05, 3.63) is 35.9 Å². The Morgan fingerprint density at radius 3 is 2.22 bits per heavy atom. The fraction of sp³-hybridized carbons (Fsp3) is 0.560. The van der Waals surface area contributed by atoms with Gasteiger partial charge in [0.05, 0.1) is 6.61 Å². The maximum absolute atomic E-state index is 12.7. The number of ether oxygens (including phenoxy) is 1. The van der Waals surface area contributed by atoms with Gasteiger partial charge in [-0.3, -0.25) is 9.59 Å². The van der Waals surface area contributed by atoms with Gasteiger partial charge in [0, 0.05) is 44.9 Å². The number of hydrogen-bond acceptors (Lipinski definition) is 4. The largest absolute Gasteiger partial charge is 0.493 e. The van der Waals surface area contributed by atoms with Crippen molar-refractivity contribution in [3.63, 3.8) is 0 Å². The Balaban J connectivity index is 1.24. The number of carbonyl (C=O) groups excluding carboxylic acids is 2. The Bertz CT molecular complexity index is 861. The Morgan fingerprint density at radius 2 is 1.62 bits per heavy atom. The highest BCUT2D eigenvalue weighted by Gasteiger charge is 2.29. The normalized spacial score (nSPS) is 22.4. The summed E-state index contributed by atoms with van der Waals surface area (Å²) in [4.78, 5) is 38.5. The molecule has 7 nitrogen and oxygen atoms in total. The molecule has 1 atom stereocenters. The molecule has 2 amide bonds. The van der Waals surface area contributed by atoms with E-state index >= 15 is 0 Å².